The monoisotopic (exact) mass is 268 g/mol. The summed E-state index contributed by atoms with van der Waals surface area (Å²) in [7, 11) is 1.68. The van der Waals surface area contributed by atoms with Crippen LogP contribution in [0.15, 0.2) is 0 Å². The first-order valence-electron chi connectivity index (χ1n) is 7.74. The first kappa shape index (κ1) is 18.5. The van der Waals surface area contributed by atoms with Crippen molar-refractivity contribution in [1.29, 1.82) is 0 Å². The van der Waals surface area contributed by atoms with E-state index in [-0.39, 0.29) is 0 Å². The van der Waals surface area contributed by atoms with E-state index in [9.17, 15) is 0 Å². The maximum atomic E-state index is 5.72. The summed E-state index contributed by atoms with van der Waals surface area (Å²) in [6.45, 7) is 4.91. The summed E-state index contributed by atoms with van der Waals surface area (Å²) < 4.78 is 10.7. The molecule has 0 aromatic carbocycles. The molecular weight excluding hydrogens is 236 g/mol. The second kappa shape index (κ2) is 13.9. The Morgan fingerprint density at radius 1 is 1.00 bits per heavy atom. The lowest BCUT2D eigenvalue weighted by atomic mass is 10.00. The van der Waals surface area contributed by atoms with Gasteiger partial charge in [0.15, 0.2) is 0 Å². The number of methoxy groups -OCH3 is 1. The van der Waals surface area contributed by atoms with Crippen molar-refractivity contribution in [2.24, 2.45) is 5.92 Å². The minimum Gasteiger partial charge on any atom is -0.359 e. The Bertz CT molecular complexity index is 218. The van der Waals surface area contributed by atoms with E-state index >= 15 is 0 Å². The van der Waals surface area contributed by atoms with Gasteiger partial charge in [-0.15, -0.1) is 12.3 Å². The third kappa shape index (κ3) is 13.7. The fourth-order valence-corrected chi connectivity index (χ4v) is 2.27. The van der Waals surface area contributed by atoms with Crippen LogP contribution in [0.2, 0.25) is 0 Å². The molecule has 0 unspecified atom stereocenters. The fourth-order valence-electron chi connectivity index (χ4n) is 2.27. The predicted octanol–water partition coefficient (Wildman–Crippen LogP) is 4.78. The molecule has 0 aliphatic rings. The third-order valence-corrected chi connectivity index (χ3v) is 3.25. The van der Waals surface area contributed by atoms with Crippen LogP contribution in [-0.4, -0.2) is 20.0 Å². The number of rotatable bonds is 13. The molecule has 0 saturated heterocycles. The van der Waals surface area contributed by atoms with Crippen molar-refractivity contribution in [3.8, 4) is 12.3 Å². The van der Waals surface area contributed by atoms with Gasteiger partial charge in [-0.3, -0.25) is 0 Å². The summed E-state index contributed by atoms with van der Waals surface area (Å²) in [5.74, 6) is 3.38. The molecular formula is C17H32O2. The van der Waals surface area contributed by atoms with E-state index in [0.717, 1.165) is 19.3 Å². The molecule has 0 aromatic rings. The van der Waals surface area contributed by atoms with Gasteiger partial charge >= 0.3 is 0 Å². The molecule has 0 aliphatic heterocycles. The number of hydrogen-bond acceptors (Lipinski definition) is 2. The van der Waals surface area contributed by atoms with Gasteiger partial charge in [-0.2, -0.15) is 0 Å². The largest absolute Gasteiger partial charge is 0.359 e. The lowest BCUT2D eigenvalue weighted by molar-refractivity contribution is -0.0803. The van der Waals surface area contributed by atoms with Gasteiger partial charge in [-0.25, -0.2) is 0 Å². The Morgan fingerprint density at radius 3 is 2.21 bits per heavy atom. The van der Waals surface area contributed by atoms with Gasteiger partial charge in [0.05, 0.1) is 6.10 Å². The standard InChI is InChI=1S/C17H32O2/c1-5-6-7-8-9-10-11-12-13-17(14-16(2)3)19-15-18-4/h1,16-17H,6-15H2,2-4H3/t17-/m0/s1. The SMILES string of the molecule is C#CCCCCCCCC[C@@H](CC(C)C)OCOC. The smallest absolute Gasteiger partial charge is 0.146 e. The van der Waals surface area contributed by atoms with Crippen molar-refractivity contribution in [3.05, 3.63) is 0 Å². The minimum absolute atomic E-state index is 0.362. The zero-order chi connectivity index (χ0) is 14.3. The van der Waals surface area contributed by atoms with Gasteiger partial charge in [0.1, 0.15) is 6.79 Å². The lowest BCUT2D eigenvalue weighted by Gasteiger charge is -2.19. The first-order valence-corrected chi connectivity index (χ1v) is 7.74. The Hall–Kier alpha value is -0.520. The van der Waals surface area contributed by atoms with E-state index < -0.39 is 0 Å². The summed E-state index contributed by atoms with van der Waals surface area (Å²) in [4.78, 5) is 0. The van der Waals surface area contributed by atoms with Crippen LogP contribution < -0.4 is 0 Å². The maximum absolute atomic E-state index is 5.72. The minimum atomic E-state index is 0.362. The van der Waals surface area contributed by atoms with Crippen LogP contribution in [0.4, 0.5) is 0 Å². The molecule has 0 aliphatic carbocycles. The van der Waals surface area contributed by atoms with Crippen LogP contribution in [0.3, 0.4) is 0 Å². The van der Waals surface area contributed by atoms with Crippen molar-refractivity contribution >= 4 is 0 Å². The van der Waals surface area contributed by atoms with Gasteiger partial charge in [0.25, 0.3) is 0 Å². The van der Waals surface area contributed by atoms with E-state index in [1.54, 1.807) is 7.11 Å². The maximum Gasteiger partial charge on any atom is 0.146 e. The van der Waals surface area contributed by atoms with E-state index in [2.05, 4.69) is 19.8 Å². The van der Waals surface area contributed by atoms with Crippen LogP contribution in [0.5, 0.6) is 0 Å². The molecule has 0 radical (unpaired) electrons. The Balaban J connectivity index is 3.49. The van der Waals surface area contributed by atoms with Crippen LogP contribution in [0, 0.1) is 18.3 Å². The van der Waals surface area contributed by atoms with Crippen molar-refractivity contribution < 1.29 is 9.47 Å². The highest BCUT2D eigenvalue weighted by molar-refractivity contribution is 4.82. The Kier molecular flexibility index (Phi) is 13.5. The summed E-state index contributed by atoms with van der Waals surface area (Å²) in [5, 5.41) is 0. The first-order chi connectivity index (χ1) is 9.20. The fraction of sp³-hybridized carbons (Fsp3) is 0.882. The quantitative estimate of drug-likeness (QED) is 0.272. The average Bonchev–Trinajstić information content (AvgIpc) is 2.38. The molecule has 0 N–H and O–H groups in total. The van der Waals surface area contributed by atoms with E-state index in [0.29, 0.717) is 18.8 Å². The number of unbranched alkanes of at least 4 members (excludes halogenated alkanes) is 6. The summed E-state index contributed by atoms with van der Waals surface area (Å²) in [6.07, 6.45) is 16.5. The second-order valence-corrected chi connectivity index (χ2v) is 5.69. The van der Waals surface area contributed by atoms with Crippen molar-refractivity contribution in [2.75, 3.05) is 13.9 Å². The molecule has 0 rings (SSSR count). The van der Waals surface area contributed by atoms with Gasteiger partial charge in [0.2, 0.25) is 0 Å². The topological polar surface area (TPSA) is 18.5 Å². The Morgan fingerprint density at radius 2 is 1.63 bits per heavy atom. The molecule has 1 atom stereocenters. The van der Waals surface area contributed by atoms with Crippen molar-refractivity contribution in [3.63, 3.8) is 0 Å². The molecule has 0 heterocycles. The normalized spacial score (nSPS) is 12.6. The molecule has 0 bridgehead atoms. The van der Waals surface area contributed by atoms with E-state index in [1.165, 1.54) is 38.5 Å². The second-order valence-electron chi connectivity index (χ2n) is 5.69. The summed E-state index contributed by atoms with van der Waals surface area (Å²) >= 11 is 0. The van der Waals surface area contributed by atoms with Crippen molar-refractivity contribution in [1.82, 2.24) is 0 Å². The molecule has 2 nitrogen and oxygen atoms in total. The van der Waals surface area contributed by atoms with Crippen molar-refractivity contribution in [2.45, 2.75) is 77.7 Å². The molecule has 0 fully saturated rings. The van der Waals surface area contributed by atoms with Gasteiger partial charge in [-0.1, -0.05) is 46.0 Å². The number of ether oxygens (including phenoxy) is 2. The third-order valence-electron chi connectivity index (χ3n) is 3.25. The average molecular weight is 268 g/mol. The lowest BCUT2D eigenvalue weighted by Crippen LogP contribution is -2.17. The Labute approximate surface area is 120 Å². The zero-order valence-electron chi connectivity index (χ0n) is 13.1. The van der Waals surface area contributed by atoms with Gasteiger partial charge in [0, 0.05) is 13.5 Å². The number of terminal acetylenes is 1. The van der Waals surface area contributed by atoms with Crippen LogP contribution in [0.25, 0.3) is 0 Å². The highest BCUT2D eigenvalue weighted by Gasteiger charge is 2.10. The van der Waals surface area contributed by atoms with Gasteiger partial charge < -0.3 is 9.47 Å². The number of hydrogen-bond donors (Lipinski definition) is 0. The summed E-state index contributed by atoms with van der Waals surface area (Å²) in [6, 6.07) is 0. The summed E-state index contributed by atoms with van der Waals surface area (Å²) in [5.41, 5.74) is 0. The predicted molar refractivity (Wildman–Crippen MR) is 82.0 cm³/mol. The molecule has 112 valence electrons. The van der Waals surface area contributed by atoms with E-state index in [1.807, 2.05) is 0 Å². The highest BCUT2D eigenvalue weighted by atomic mass is 16.7. The van der Waals surface area contributed by atoms with Crippen LogP contribution in [0.1, 0.15) is 71.6 Å². The zero-order valence-corrected chi connectivity index (χ0v) is 13.1. The molecule has 0 amide bonds. The van der Waals surface area contributed by atoms with Gasteiger partial charge in [-0.05, 0) is 25.2 Å². The highest BCUT2D eigenvalue weighted by Crippen LogP contribution is 2.16. The molecule has 0 saturated carbocycles. The van der Waals surface area contributed by atoms with Crippen LogP contribution in [-0.2, 0) is 9.47 Å². The molecule has 0 aromatic heterocycles. The molecule has 0 spiro atoms. The molecule has 19 heavy (non-hydrogen) atoms. The van der Waals surface area contributed by atoms with E-state index in [4.69, 9.17) is 15.9 Å². The molecule has 2 heteroatoms. The van der Waals surface area contributed by atoms with Crippen LogP contribution >= 0.6 is 0 Å².